The molecular weight excluding hydrogens is 556 g/mol. The lowest BCUT2D eigenvalue weighted by atomic mass is 9.52. The zero-order chi connectivity index (χ0) is 30.6. The van der Waals surface area contributed by atoms with Crippen LogP contribution in [0, 0.1) is 23.2 Å². The van der Waals surface area contributed by atoms with E-state index in [1.807, 2.05) is 30.3 Å². The summed E-state index contributed by atoms with van der Waals surface area (Å²) < 4.78 is 28.2. The largest absolute Gasteiger partial charge is 0.508 e. The van der Waals surface area contributed by atoms with Crippen LogP contribution in [0.5, 0.6) is 5.75 Å². The van der Waals surface area contributed by atoms with Gasteiger partial charge in [-0.25, -0.2) is 0 Å². The van der Waals surface area contributed by atoms with Gasteiger partial charge in [0.15, 0.2) is 0 Å². The average Bonchev–Trinajstić information content (AvgIpc) is 3.34. The maximum atomic E-state index is 10.9. The molecule has 6 atom stereocenters. The fourth-order valence-corrected chi connectivity index (χ4v) is 8.29. The van der Waals surface area contributed by atoms with Crippen molar-refractivity contribution in [2.45, 2.75) is 76.9 Å². The molecule has 0 bridgehead atoms. The average molecular weight is 611 g/mol. The topological polar surface area (TPSA) is 86.6 Å². The lowest BCUT2D eigenvalue weighted by molar-refractivity contribution is -0.0399. The standard InChI is InChI=1S/C37H54O7/c1-37-15-14-33-32-11-10-31(38)26-30(32)25-29(36(33)34(37)12-13-35(37)39)9-5-6-16-40-17-18-41-19-20-42-21-22-43-23-24-44-27-28-7-3-2-4-8-28/h2-4,7-8,10-11,26,29,33-36,38-39H,5-6,9,12-25,27H2,1H3/t29-,33+,34-,35-,36+,37-/m0/s1. The molecule has 0 aliphatic heterocycles. The first-order chi connectivity index (χ1) is 21.6. The lowest BCUT2D eigenvalue weighted by Crippen LogP contribution is -2.47. The van der Waals surface area contributed by atoms with Gasteiger partial charge in [-0.3, -0.25) is 0 Å². The third-order valence-corrected chi connectivity index (χ3v) is 10.5. The first kappa shape index (κ1) is 33.4. The van der Waals surface area contributed by atoms with Crippen molar-refractivity contribution < 1.29 is 33.9 Å². The SMILES string of the molecule is C[C@]12CC[C@@H]3c4ccc(O)cc4C[C@H](CCCCOCCOCCOCCOCCOCc4ccccc4)[C@H]3[C@@H]1CC[C@@H]2O. The van der Waals surface area contributed by atoms with E-state index in [0.29, 0.717) is 88.9 Å². The molecule has 7 nitrogen and oxygen atoms in total. The van der Waals surface area contributed by atoms with Gasteiger partial charge in [0.1, 0.15) is 5.75 Å². The highest BCUT2D eigenvalue weighted by atomic mass is 16.6. The van der Waals surface area contributed by atoms with E-state index in [-0.39, 0.29) is 11.5 Å². The zero-order valence-electron chi connectivity index (χ0n) is 26.7. The lowest BCUT2D eigenvalue weighted by Gasteiger charge is -2.53. The Morgan fingerprint density at radius 3 is 2.11 bits per heavy atom. The maximum absolute atomic E-state index is 10.9. The van der Waals surface area contributed by atoms with E-state index in [2.05, 4.69) is 25.1 Å². The summed E-state index contributed by atoms with van der Waals surface area (Å²) in [5.74, 6) is 2.77. The molecule has 3 aliphatic rings. The van der Waals surface area contributed by atoms with Crippen molar-refractivity contribution in [3.63, 3.8) is 0 Å². The molecule has 2 N–H and O–H groups in total. The van der Waals surface area contributed by atoms with Crippen LogP contribution in [0.2, 0.25) is 0 Å². The van der Waals surface area contributed by atoms with Gasteiger partial charge in [0.25, 0.3) is 0 Å². The number of fused-ring (bicyclic) bond motifs is 5. The second-order valence-corrected chi connectivity index (χ2v) is 13.3. The molecule has 7 heteroatoms. The number of hydrogen-bond acceptors (Lipinski definition) is 7. The second kappa shape index (κ2) is 17.1. The number of rotatable bonds is 19. The van der Waals surface area contributed by atoms with Crippen molar-refractivity contribution in [1.82, 2.24) is 0 Å². The van der Waals surface area contributed by atoms with E-state index >= 15 is 0 Å². The van der Waals surface area contributed by atoms with Gasteiger partial charge in [-0.15, -0.1) is 0 Å². The van der Waals surface area contributed by atoms with Gasteiger partial charge in [-0.2, -0.15) is 0 Å². The number of aromatic hydroxyl groups is 1. The van der Waals surface area contributed by atoms with Crippen LogP contribution in [0.4, 0.5) is 0 Å². The van der Waals surface area contributed by atoms with E-state index in [4.69, 9.17) is 23.7 Å². The van der Waals surface area contributed by atoms with Crippen molar-refractivity contribution >= 4 is 0 Å². The van der Waals surface area contributed by atoms with Crippen LogP contribution >= 0.6 is 0 Å². The monoisotopic (exact) mass is 610 g/mol. The molecule has 0 unspecified atom stereocenters. The number of aliphatic hydroxyl groups excluding tert-OH is 1. The summed E-state index contributed by atoms with van der Waals surface area (Å²) in [5.41, 5.74) is 4.03. The number of benzene rings is 2. The predicted molar refractivity (Wildman–Crippen MR) is 171 cm³/mol. The summed E-state index contributed by atoms with van der Waals surface area (Å²) in [6.07, 6.45) is 8.60. The summed E-state index contributed by atoms with van der Waals surface area (Å²) >= 11 is 0. The van der Waals surface area contributed by atoms with Crippen LogP contribution in [0.3, 0.4) is 0 Å². The van der Waals surface area contributed by atoms with Gasteiger partial charge >= 0.3 is 0 Å². The van der Waals surface area contributed by atoms with E-state index in [1.54, 1.807) is 0 Å². The van der Waals surface area contributed by atoms with Crippen LogP contribution < -0.4 is 0 Å². The minimum absolute atomic E-state index is 0.0634. The Morgan fingerprint density at radius 2 is 1.41 bits per heavy atom. The Kier molecular flexibility index (Phi) is 12.9. The molecule has 244 valence electrons. The van der Waals surface area contributed by atoms with Crippen LogP contribution in [0.1, 0.15) is 74.5 Å². The minimum Gasteiger partial charge on any atom is -0.508 e. The van der Waals surface area contributed by atoms with Crippen LogP contribution in [-0.2, 0) is 36.7 Å². The van der Waals surface area contributed by atoms with Gasteiger partial charge < -0.3 is 33.9 Å². The number of phenols is 1. The summed E-state index contributed by atoms with van der Waals surface area (Å²) in [6, 6.07) is 16.2. The van der Waals surface area contributed by atoms with Gasteiger partial charge in [-0.05, 0) is 103 Å². The second-order valence-electron chi connectivity index (χ2n) is 13.3. The third kappa shape index (κ3) is 8.83. The fraction of sp³-hybridized carbons (Fsp3) is 0.676. The Morgan fingerprint density at radius 1 is 0.750 bits per heavy atom. The highest BCUT2D eigenvalue weighted by molar-refractivity contribution is 5.40. The van der Waals surface area contributed by atoms with E-state index in [9.17, 15) is 10.2 Å². The van der Waals surface area contributed by atoms with E-state index in [1.165, 1.54) is 23.1 Å². The molecule has 0 amide bonds. The van der Waals surface area contributed by atoms with E-state index < -0.39 is 0 Å². The molecule has 44 heavy (non-hydrogen) atoms. The number of unbranched alkanes of at least 4 members (excludes halogenated alkanes) is 1. The summed E-state index contributed by atoms with van der Waals surface area (Å²) in [7, 11) is 0. The highest BCUT2D eigenvalue weighted by Crippen LogP contribution is 2.62. The molecule has 0 heterocycles. The number of aliphatic hydroxyl groups is 1. The van der Waals surface area contributed by atoms with Crippen LogP contribution in [-0.4, -0.2) is 75.8 Å². The summed E-state index contributed by atoms with van der Waals surface area (Å²) in [5, 5.41) is 21.1. The quantitative estimate of drug-likeness (QED) is 0.181. The number of hydrogen-bond donors (Lipinski definition) is 2. The molecule has 3 aliphatic carbocycles. The minimum atomic E-state index is -0.160. The summed E-state index contributed by atoms with van der Waals surface area (Å²) in [6.45, 7) is 8.23. The van der Waals surface area contributed by atoms with Crippen LogP contribution in [0.25, 0.3) is 0 Å². The van der Waals surface area contributed by atoms with Crippen molar-refractivity contribution in [3.8, 4) is 5.75 Å². The van der Waals surface area contributed by atoms with Gasteiger partial charge in [0, 0.05) is 6.61 Å². The molecular formula is C37H54O7. The molecule has 0 spiro atoms. The normalized spacial score (nSPS) is 27.5. The van der Waals surface area contributed by atoms with Crippen molar-refractivity contribution in [2.24, 2.45) is 23.2 Å². The van der Waals surface area contributed by atoms with Gasteiger partial charge in [0.2, 0.25) is 0 Å². The molecule has 2 saturated carbocycles. The summed E-state index contributed by atoms with van der Waals surface area (Å²) in [4.78, 5) is 0. The molecule has 0 saturated heterocycles. The predicted octanol–water partition coefficient (Wildman–Crippen LogP) is 6.29. The van der Waals surface area contributed by atoms with Gasteiger partial charge in [0.05, 0.1) is 65.6 Å². The molecule has 0 radical (unpaired) electrons. The van der Waals surface area contributed by atoms with Crippen LogP contribution in [0.15, 0.2) is 48.5 Å². The fourth-order valence-electron chi connectivity index (χ4n) is 8.29. The molecule has 0 aromatic heterocycles. The smallest absolute Gasteiger partial charge is 0.115 e. The van der Waals surface area contributed by atoms with Crippen molar-refractivity contribution in [2.75, 3.05) is 59.5 Å². The van der Waals surface area contributed by atoms with Crippen molar-refractivity contribution in [1.29, 1.82) is 0 Å². The molecule has 2 aromatic carbocycles. The van der Waals surface area contributed by atoms with Gasteiger partial charge in [-0.1, -0.05) is 49.7 Å². The Bertz CT molecular complexity index is 1110. The zero-order valence-corrected chi connectivity index (χ0v) is 26.7. The third-order valence-electron chi connectivity index (χ3n) is 10.5. The number of ether oxygens (including phenoxy) is 5. The maximum Gasteiger partial charge on any atom is 0.115 e. The Labute approximate surface area is 264 Å². The Hall–Kier alpha value is -2.00. The van der Waals surface area contributed by atoms with E-state index in [0.717, 1.165) is 51.6 Å². The highest BCUT2D eigenvalue weighted by Gasteiger charge is 2.56. The van der Waals surface area contributed by atoms with Crippen molar-refractivity contribution in [3.05, 3.63) is 65.2 Å². The number of phenolic OH excluding ortho intramolecular Hbond substituents is 1. The molecule has 2 fully saturated rings. The molecule has 2 aromatic rings. The first-order valence-corrected chi connectivity index (χ1v) is 17.0. The molecule has 5 rings (SSSR count). The first-order valence-electron chi connectivity index (χ1n) is 17.0. The Balaban J connectivity index is 0.887.